The number of imidazole rings is 1. The second kappa shape index (κ2) is 17.5. The molecular formula is C34H47N7O5. The van der Waals surface area contributed by atoms with Gasteiger partial charge in [0.25, 0.3) is 0 Å². The summed E-state index contributed by atoms with van der Waals surface area (Å²) in [5.74, 6) is -0.552. The van der Waals surface area contributed by atoms with Crippen LogP contribution >= 0.6 is 0 Å². The first-order valence-corrected chi connectivity index (χ1v) is 16.1. The van der Waals surface area contributed by atoms with Crippen molar-refractivity contribution in [3.05, 3.63) is 84.2 Å². The number of aliphatic hydroxyl groups is 1. The van der Waals surface area contributed by atoms with Crippen molar-refractivity contribution in [1.29, 1.82) is 0 Å². The fourth-order valence-electron chi connectivity index (χ4n) is 5.50. The molecule has 5 N–H and O–H groups in total. The van der Waals surface area contributed by atoms with Crippen molar-refractivity contribution in [3.8, 4) is 0 Å². The SMILES string of the molecule is CC(C)C[C@H](NC(=O)[C@H](Cc1cn(C(=O)[C@@H](N)Cc2ccccc2)cn1)NC(=O)N1CCOCC1)[C@@H](O)CCCc1ccccn1. The summed E-state index contributed by atoms with van der Waals surface area (Å²) in [6.45, 7) is 5.72. The molecule has 1 aliphatic rings. The van der Waals surface area contributed by atoms with Crippen molar-refractivity contribution in [3.63, 3.8) is 0 Å². The number of ether oxygens (including phenoxy) is 1. The Morgan fingerprint density at radius 1 is 0.978 bits per heavy atom. The molecule has 2 aromatic heterocycles. The van der Waals surface area contributed by atoms with Gasteiger partial charge in [-0.05, 0) is 55.7 Å². The molecule has 3 amide bonds. The molecule has 1 aromatic carbocycles. The van der Waals surface area contributed by atoms with Crippen molar-refractivity contribution in [2.75, 3.05) is 26.3 Å². The van der Waals surface area contributed by atoms with E-state index in [0.29, 0.717) is 57.7 Å². The Morgan fingerprint density at radius 3 is 2.41 bits per heavy atom. The second-order valence-corrected chi connectivity index (χ2v) is 12.2. The molecule has 3 heterocycles. The van der Waals surface area contributed by atoms with Gasteiger partial charge in [-0.2, -0.15) is 0 Å². The molecule has 4 rings (SSSR count). The number of amides is 3. The van der Waals surface area contributed by atoms with Crippen LogP contribution in [0.2, 0.25) is 0 Å². The lowest BCUT2D eigenvalue weighted by Gasteiger charge is -2.31. The summed E-state index contributed by atoms with van der Waals surface area (Å²) in [6.07, 6.45) is 6.77. The monoisotopic (exact) mass is 633 g/mol. The molecule has 46 heavy (non-hydrogen) atoms. The molecule has 12 nitrogen and oxygen atoms in total. The topological polar surface area (TPSA) is 165 Å². The van der Waals surface area contributed by atoms with Crippen LogP contribution in [-0.2, 0) is 28.8 Å². The molecular weight excluding hydrogens is 586 g/mol. The molecule has 12 heteroatoms. The van der Waals surface area contributed by atoms with E-state index < -0.39 is 30.1 Å². The number of aryl methyl sites for hydroxylation is 1. The van der Waals surface area contributed by atoms with Gasteiger partial charge >= 0.3 is 6.03 Å². The minimum Gasteiger partial charge on any atom is -0.391 e. The molecule has 1 fully saturated rings. The Balaban J connectivity index is 1.44. The first-order valence-electron chi connectivity index (χ1n) is 16.1. The average molecular weight is 634 g/mol. The van der Waals surface area contributed by atoms with Gasteiger partial charge in [-0.15, -0.1) is 0 Å². The second-order valence-electron chi connectivity index (χ2n) is 12.2. The maximum Gasteiger partial charge on any atom is 0.318 e. The van der Waals surface area contributed by atoms with Gasteiger partial charge in [-0.3, -0.25) is 19.1 Å². The first-order chi connectivity index (χ1) is 22.2. The number of nitrogens with one attached hydrogen (secondary N) is 2. The number of urea groups is 1. The van der Waals surface area contributed by atoms with Crippen LogP contribution in [0.15, 0.2) is 67.3 Å². The molecule has 0 radical (unpaired) electrons. The van der Waals surface area contributed by atoms with E-state index in [0.717, 1.165) is 17.7 Å². The third-order valence-corrected chi connectivity index (χ3v) is 8.01. The lowest BCUT2D eigenvalue weighted by molar-refractivity contribution is -0.124. The van der Waals surface area contributed by atoms with E-state index >= 15 is 0 Å². The van der Waals surface area contributed by atoms with Crippen LogP contribution < -0.4 is 16.4 Å². The van der Waals surface area contributed by atoms with Crippen LogP contribution in [0, 0.1) is 5.92 Å². The third-order valence-electron chi connectivity index (χ3n) is 8.01. The fourth-order valence-corrected chi connectivity index (χ4v) is 5.50. The molecule has 0 spiro atoms. The van der Waals surface area contributed by atoms with Gasteiger partial charge in [0.1, 0.15) is 12.4 Å². The van der Waals surface area contributed by atoms with Crippen LogP contribution in [0.3, 0.4) is 0 Å². The summed E-state index contributed by atoms with van der Waals surface area (Å²) in [6, 6.07) is 12.6. The summed E-state index contributed by atoms with van der Waals surface area (Å²) >= 11 is 0. The summed E-state index contributed by atoms with van der Waals surface area (Å²) in [5, 5.41) is 17.0. The highest BCUT2D eigenvalue weighted by molar-refractivity contribution is 5.88. The lowest BCUT2D eigenvalue weighted by Crippen LogP contribution is -2.56. The van der Waals surface area contributed by atoms with Crippen LogP contribution in [0.1, 0.15) is 54.9 Å². The molecule has 0 bridgehead atoms. The lowest BCUT2D eigenvalue weighted by atomic mass is 9.95. The highest BCUT2D eigenvalue weighted by Crippen LogP contribution is 2.15. The zero-order valence-electron chi connectivity index (χ0n) is 26.8. The molecule has 1 saturated heterocycles. The van der Waals surface area contributed by atoms with E-state index in [-0.39, 0.29) is 24.3 Å². The largest absolute Gasteiger partial charge is 0.391 e. The van der Waals surface area contributed by atoms with E-state index in [9.17, 15) is 19.5 Å². The number of aromatic nitrogens is 3. The van der Waals surface area contributed by atoms with Crippen molar-refractivity contribution < 1.29 is 24.2 Å². The number of nitrogens with two attached hydrogens (primary N) is 1. The Morgan fingerprint density at radius 2 is 1.72 bits per heavy atom. The van der Waals surface area contributed by atoms with Crippen molar-refractivity contribution in [2.45, 2.75) is 76.6 Å². The first kappa shape index (κ1) is 34.7. The number of carbonyl (C=O) groups excluding carboxylic acids is 3. The fraction of sp³-hybridized carbons (Fsp3) is 0.500. The molecule has 3 aromatic rings. The molecule has 0 aliphatic carbocycles. The highest BCUT2D eigenvalue weighted by Gasteiger charge is 2.30. The molecule has 4 atom stereocenters. The average Bonchev–Trinajstić information content (AvgIpc) is 3.53. The Bertz CT molecular complexity index is 1380. The summed E-state index contributed by atoms with van der Waals surface area (Å²) in [4.78, 5) is 50.4. The highest BCUT2D eigenvalue weighted by atomic mass is 16.5. The predicted molar refractivity (Wildman–Crippen MR) is 174 cm³/mol. The van der Waals surface area contributed by atoms with Gasteiger partial charge in [0.15, 0.2) is 0 Å². The minimum atomic E-state index is -0.998. The zero-order valence-corrected chi connectivity index (χ0v) is 26.8. The van der Waals surface area contributed by atoms with Crippen LogP contribution in [0.4, 0.5) is 4.79 Å². The number of hydrogen-bond donors (Lipinski definition) is 4. The summed E-state index contributed by atoms with van der Waals surface area (Å²) < 4.78 is 6.70. The number of nitrogens with zero attached hydrogens (tertiary/aromatic N) is 4. The molecule has 0 unspecified atom stereocenters. The minimum absolute atomic E-state index is 0.0420. The van der Waals surface area contributed by atoms with E-state index in [1.165, 1.54) is 10.9 Å². The number of carbonyl (C=O) groups is 3. The number of benzene rings is 1. The van der Waals surface area contributed by atoms with Crippen molar-refractivity contribution in [1.82, 2.24) is 30.1 Å². The number of pyridine rings is 1. The van der Waals surface area contributed by atoms with Gasteiger partial charge < -0.3 is 31.1 Å². The van der Waals surface area contributed by atoms with Crippen LogP contribution in [-0.4, -0.2) is 92.9 Å². The molecule has 248 valence electrons. The van der Waals surface area contributed by atoms with Crippen LogP contribution in [0.25, 0.3) is 0 Å². The van der Waals surface area contributed by atoms with Gasteiger partial charge in [-0.1, -0.05) is 50.2 Å². The van der Waals surface area contributed by atoms with Gasteiger partial charge in [0.2, 0.25) is 11.8 Å². The van der Waals surface area contributed by atoms with Gasteiger partial charge in [0.05, 0.1) is 37.1 Å². The smallest absolute Gasteiger partial charge is 0.318 e. The standard InChI is InChI=1S/C34H47N7O5/c1-24(2)19-29(31(42)13-8-12-26-11-6-7-14-36-26)38-32(43)30(39-34(45)40-15-17-46-18-16-40)21-27-22-41(23-37-27)33(44)28(35)20-25-9-4-3-5-10-25/h3-7,9-11,14,22-24,28-31,42H,8,12-13,15-21,35H2,1-2H3,(H,38,43)(H,39,45)/t28-,29-,30-,31-/m0/s1. The molecule has 0 saturated carbocycles. The Hall–Kier alpha value is -4.13. The van der Waals surface area contributed by atoms with Crippen molar-refractivity contribution in [2.24, 2.45) is 11.7 Å². The molecule has 1 aliphatic heterocycles. The van der Waals surface area contributed by atoms with E-state index in [1.807, 2.05) is 62.4 Å². The maximum atomic E-state index is 13.8. The van der Waals surface area contributed by atoms with Crippen LogP contribution in [0.5, 0.6) is 0 Å². The Kier molecular flexibility index (Phi) is 13.2. The van der Waals surface area contributed by atoms with E-state index in [2.05, 4.69) is 20.6 Å². The summed E-state index contributed by atoms with van der Waals surface area (Å²) in [7, 11) is 0. The van der Waals surface area contributed by atoms with Crippen molar-refractivity contribution >= 4 is 17.8 Å². The van der Waals surface area contributed by atoms with E-state index in [4.69, 9.17) is 10.5 Å². The number of rotatable bonds is 15. The van der Waals surface area contributed by atoms with E-state index in [1.54, 1.807) is 17.3 Å². The summed E-state index contributed by atoms with van der Waals surface area (Å²) in [5.41, 5.74) is 8.55. The number of morpholine rings is 1. The zero-order chi connectivity index (χ0) is 32.9. The van der Waals surface area contributed by atoms with Gasteiger partial charge in [-0.25, -0.2) is 9.78 Å². The normalized spacial score (nSPS) is 16.0. The predicted octanol–water partition coefficient (Wildman–Crippen LogP) is 2.36. The Labute approximate surface area is 270 Å². The maximum absolute atomic E-state index is 13.8. The number of aliphatic hydroxyl groups excluding tert-OH is 1. The quantitative estimate of drug-likeness (QED) is 0.198. The van der Waals surface area contributed by atoms with Gasteiger partial charge in [0, 0.05) is 37.6 Å². The number of hydrogen-bond acceptors (Lipinski definition) is 8. The third kappa shape index (κ3) is 10.7.